The van der Waals surface area contributed by atoms with Crippen LogP contribution >= 0.6 is 27.5 Å². The Hall–Kier alpha value is -2.88. The summed E-state index contributed by atoms with van der Waals surface area (Å²) in [4.78, 5) is 23.8. The first-order valence-corrected chi connectivity index (χ1v) is 11.0. The zero-order valence-corrected chi connectivity index (χ0v) is 18.3. The monoisotopic (exact) mass is 508 g/mol. The molecule has 0 heterocycles. The van der Waals surface area contributed by atoms with E-state index in [0.29, 0.717) is 5.69 Å². The van der Waals surface area contributed by atoms with Gasteiger partial charge in [-0.05, 0) is 60.7 Å². The fourth-order valence-electron chi connectivity index (χ4n) is 2.55. The Labute approximate surface area is 185 Å². The first-order valence-electron chi connectivity index (χ1n) is 8.38. The molecule has 0 aliphatic heterocycles. The summed E-state index contributed by atoms with van der Waals surface area (Å²) in [6, 6.07) is 16.0. The van der Waals surface area contributed by atoms with Crippen molar-refractivity contribution in [3.05, 3.63) is 87.4 Å². The molecule has 0 aliphatic rings. The van der Waals surface area contributed by atoms with Crippen LogP contribution in [0.2, 0.25) is 5.02 Å². The van der Waals surface area contributed by atoms with E-state index in [9.17, 15) is 23.1 Å². The van der Waals surface area contributed by atoms with E-state index in [1.54, 1.807) is 24.3 Å². The summed E-state index contributed by atoms with van der Waals surface area (Å²) in [7, 11) is -3.85. The lowest BCUT2D eigenvalue weighted by molar-refractivity contribution is 0.0698. The molecule has 3 N–H and O–H groups in total. The van der Waals surface area contributed by atoms with Gasteiger partial charge in [-0.15, -0.1) is 0 Å². The molecule has 154 valence electrons. The summed E-state index contributed by atoms with van der Waals surface area (Å²) in [5.74, 6) is -1.84. The number of sulfonamides is 1. The zero-order chi connectivity index (χ0) is 21.9. The molecule has 30 heavy (non-hydrogen) atoms. The molecule has 0 aliphatic carbocycles. The number of aromatic carboxylic acids is 1. The number of nitrogens with one attached hydrogen (secondary N) is 2. The number of hydrogen-bond donors (Lipinski definition) is 3. The van der Waals surface area contributed by atoms with Gasteiger partial charge >= 0.3 is 5.97 Å². The summed E-state index contributed by atoms with van der Waals surface area (Å²) in [5, 5.41) is 12.0. The van der Waals surface area contributed by atoms with Gasteiger partial charge in [0, 0.05) is 20.7 Å². The summed E-state index contributed by atoms with van der Waals surface area (Å²) in [6.45, 7) is 0. The van der Waals surface area contributed by atoms with Gasteiger partial charge in [0.15, 0.2) is 0 Å². The number of benzene rings is 3. The Balaban J connectivity index is 1.78. The van der Waals surface area contributed by atoms with Gasteiger partial charge < -0.3 is 10.4 Å². The van der Waals surface area contributed by atoms with E-state index in [2.05, 4.69) is 26.0 Å². The summed E-state index contributed by atoms with van der Waals surface area (Å²) < 4.78 is 28.2. The molecule has 0 radical (unpaired) electrons. The number of carboxylic acid groups (broad SMARTS) is 1. The van der Waals surface area contributed by atoms with Crippen LogP contribution in [0.5, 0.6) is 0 Å². The number of anilines is 2. The van der Waals surface area contributed by atoms with Gasteiger partial charge in [-0.2, -0.15) is 0 Å². The third kappa shape index (κ3) is 5.18. The summed E-state index contributed by atoms with van der Waals surface area (Å²) in [6.07, 6.45) is 0. The quantitative estimate of drug-likeness (QED) is 0.439. The molecular weight excluding hydrogens is 496 g/mol. The average Bonchev–Trinajstić information content (AvgIpc) is 2.69. The van der Waals surface area contributed by atoms with E-state index in [1.807, 2.05) is 0 Å². The lowest BCUT2D eigenvalue weighted by atomic mass is 10.1. The van der Waals surface area contributed by atoms with Gasteiger partial charge in [0.2, 0.25) is 0 Å². The minimum Gasteiger partial charge on any atom is -0.478 e. The van der Waals surface area contributed by atoms with E-state index in [-0.39, 0.29) is 26.7 Å². The van der Waals surface area contributed by atoms with Crippen LogP contribution in [0.4, 0.5) is 11.4 Å². The van der Waals surface area contributed by atoms with Crippen molar-refractivity contribution in [3.63, 3.8) is 0 Å². The third-order valence-corrected chi connectivity index (χ3v) is 6.09. The molecule has 0 saturated heterocycles. The Morgan fingerprint density at radius 3 is 2.30 bits per heavy atom. The van der Waals surface area contributed by atoms with Crippen LogP contribution in [-0.4, -0.2) is 25.4 Å². The zero-order valence-electron chi connectivity index (χ0n) is 15.1. The highest BCUT2D eigenvalue weighted by molar-refractivity contribution is 9.10. The van der Waals surface area contributed by atoms with Crippen molar-refractivity contribution < 1.29 is 23.1 Å². The minimum absolute atomic E-state index is 0.0308. The maximum absolute atomic E-state index is 12.5. The summed E-state index contributed by atoms with van der Waals surface area (Å²) >= 11 is 9.07. The lowest BCUT2D eigenvalue weighted by Crippen LogP contribution is -2.16. The highest BCUT2D eigenvalue weighted by Gasteiger charge is 2.17. The number of carbonyl (C=O) groups is 2. The normalized spacial score (nSPS) is 11.0. The van der Waals surface area contributed by atoms with Crippen molar-refractivity contribution >= 4 is 60.8 Å². The molecule has 7 nitrogen and oxygen atoms in total. The second-order valence-corrected chi connectivity index (χ2v) is 9.12. The Kier molecular flexibility index (Phi) is 6.45. The fourth-order valence-corrected chi connectivity index (χ4v) is 4.17. The highest BCUT2D eigenvalue weighted by atomic mass is 79.9. The molecule has 3 aromatic rings. The van der Waals surface area contributed by atoms with Crippen LogP contribution in [-0.2, 0) is 10.0 Å². The van der Waals surface area contributed by atoms with Crippen molar-refractivity contribution in [1.82, 2.24) is 0 Å². The largest absolute Gasteiger partial charge is 0.478 e. The maximum Gasteiger partial charge on any atom is 0.337 e. The first-order chi connectivity index (χ1) is 14.2. The Morgan fingerprint density at radius 1 is 0.967 bits per heavy atom. The molecular formula is C20H14BrClN2O5S. The van der Waals surface area contributed by atoms with Crippen LogP contribution in [0.15, 0.2) is 76.1 Å². The molecule has 0 aromatic heterocycles. The number of halogens is 2. The molecule has 0 atom stereocenters. The van der Waals surface area contributed by atoms with Crippen LogP contribution < -0.4 is 10.0 Å². The molecule has 10 heteroatoms. The Morgan fingerprint density at radius 2 is 1.67 bits per heavy atom. The van der Waals surface area contributed by atoms with Crippen LogP contribution in [0.25, 0.3) is 0 Å². The smallest absolute Gasteiger partial charge is 0.337 e. The standard InChI is InChI=1S/C20H14BrClN2O5S/c21-13-2-1-3-15(10-13)24-30(28,29)16-7-4-12(5-8-16)19(25)23-18-9-6-14(22)11-17(18)20(26)27/h1-11,24H,(H,23,25)(H,26,27). The molecule has 0 unspecified atom stereocenters. The van der Waals surface area contributed by atoms with Crippen LogP contribution in [0.1, 0.15) is 20.7 Å². The van der Waals surface area contributed by atoms with Gasteiger partial charge in [0.05, 0.1) is 16.1 Å². The highest BCUT2D eigenvalue weighted by Crippen LogP contribution is 2.23. The molecule has 3 aromatic carbocycles. The molecule has 0 fully saturated rings. The third-order valence-electron chi connectivity index (χ3n) is 3.96. The van der Waals surface area contributed by atoms with Crippen molar-refractivity contribution in [2.75, 3.05) is 10.0 Å². The van der Waals surface area contributed by atoms with E-state index in [4.69, 9.17) is 11.6 Å². The van der Waals surface area contributed by atoms with Crippen LogP contribution in [0, 0.1) is 0 Å². The minimum atomic E-state index is -3.85. The maximum atomic E-state index is 12.5. The molecule has 1 amide bonds. The predicted octanol–water partition coefficient (Wildman–Crippen LogP) is 4.85. The molecule has 3 rings (SSSR count). The average molecular weight is 510 g/mol. The van der Waals surface area contributed by atoms with Gasteiger partial charge in [-0.3, -0.25) is 9.52 Å². The van der Waals surface area contributed by atoms with Gasteiger partial charge in [0.1, 0.15) is 0 Å². The van der Waals surface area contributed by atoms with Crippen molar-refractivity contribution in [1.29, 1.82) is 0 Å². The number of hydrogen-bond acceptors (Lipinski definition) is 4. The number of amides is 1. The van der Waals surface area contributed by atoms with Crippen molar-refractivity contribution in [2.45, 2.75) is 4.90 Å². The summed E-state index contributed by atoms with van der Waals surface area (Å²) in [5.41, 5.74) is 0.455. The number of carboxylic acids is 1. The molecule has 0 saturated carbocycles. The van der Waals surface area contributed by atoms with Gasteiger partial charge in [-0.1, -0.05) is 33.6 Å². The van der Waals surface area contributed by atoms with Crippen molar-refractivity contribution in [3.8, 4) is 0 Å². The van der Waals surface area contributed by atoms with E-state index >= 15 is 0 Å². The van der Waals surface area contributed by atoms with Crippen LogP contribution in [0.3, 0.4) is 0 Å². The second-order valence-electron chi connectivity index (χ2n) is 6.09. The molecule has 0 bridgehead atoms. The van der Waals surface area contributed by atoms with Crippen molar-refractivity contribution in [2.24, 2.45) is 0 Å². The topological polar surface area (TPSA) is 113 Å². The Bertz CT molecular complexity index is 1230. The fraction of sp³-hybridized carbons (Fsp3) is 0. The first kappa shape index (κ1) is 21.8. The number of carbonyl (C=O) groups excluding carboxylic acids is 1. The number of rotatable bonds is 6. The van der Waals surface area contributed by atoms with E-state index < -0.39 is 21.9 Å². The van der Waals surface area contributed by atoms with E-state index in [1.165, 1.54) is 42.5 Å². The molecule has 0 spiro atoms. The SMILES string of the molecule is O=C(Nc1ccc(Cl)cc1C(=O)O)c1ccc(S(=O)(=O)Nc2cccc(Br)c2)cc1. The second kappa shape index (κ2) is 8.86. The lowest BCUT2D eigenvalue weighted by Gasteiger charge is -2.11. The predicted molar refractivity (Wildman–Crippen MR) is 118 cm³/mol. The van der Waals surface area contributed by atoms with Gasteiger partial charge in [0.25, 0.3) is 15.9 Å². The van der Waals surface area contributed by atoms with E-state index in [0.717, 1.165) is 4.47 Å². The van der Waals surface area contributed by atoms with Gasteiger partial charge in [-0.25, -0.2) is 13.2 Å².